The van der Waals surface area contributed by atoms with Gasteiger partial charge in [-0.3, -0.25) is 10.1 Å². The highest BCUT2D eigenvalue weighted by molar-refractivity contribution is 7.13. The smallest absolute Gasteiger partial charge is 0.416 e. The van der Waals surface area contributed by atoms with E-state index in [0.717, 1.165) is 12.1 Å². The number of halogens is 3. The van der Waals surface area contributed by atoms with E-state index in [1.807, 2.05) is 0 Å². The Balaban J connectivity index is 1.92. The van der Waals surface area contributed by atoms with Gasteiger partial charge in [-0.05, 0) is 18.2 Å². The summed E-state index contributed by atoms with van der Waals surface area (Å²) in [6, 6.07) is 4.35. The average molecular weight is 302 g/mol. The van der Waals surface area contributed by atoms with Crippen LogP contribution >= 0.6 is 11.3 Å². The topological polar surface area (TPSA) is 51.2 Å². The molecule has 1 aromatic heterocycles. The average Bonchev–Trinajstić information content (AvgIpc) is 2.88. The van der Waals surface area contributed by atoms with Crippen LogP contribution in [0.15, 0.2) is 35.8 Å². The maximum absolute atomic E-state index is 12.5. The molecule has 1 N–H and O–H groups in total. The molecule has 0 radical (unpaired) electrons. The first kappa shape index (κ1) is 14.3. The molecule has 0 saturated heterocycles. The molecular weight excluding hydrogens is 293 g/mol. The molecule has 1 amide bonds. The van der Waals surface area contributed by atoms with Crippen molar-refractivity contribution in [1.82, 2.24) is 4.98 Å². The minimum Gasteiger partial charge on any atom is -0.484 e. The second kappa shape index (κ2) is 5.91. The number of benzene rings is 1. The number of thiazole rings is 1. The number of hydrogen-bond acceptors (Lipinski definition) is 4. The number of hydrogen-bond donors (Lipinski definition) is 1. The molecule has 1 aromatic carbocycles. The molecule has 0 aliphatic rings. The van der Waals surface area contributed by atoms with Crippen LogP contribution in [0.25, 0.3) is 0 Å². The van der Waals surface area contributed by atoms with E-state index in [1.165, 1.54) is 29.7 Å². The fourth-order valence-electron chi connectivity index (χ4n) is 1.35. The first-order valence-corrected chi connectivity index (χ1v) is 6.32. The molecule has 0 spiro atoms. The Morgan fingerprint density at radius 3 is 2.85 bits per heavy atom. The van der Waals surface area contributed by atoms with Crippen molar-refractivity contribution in [2.24, 2.45) is 0 Å². The monoisotopic (exact) mass is 302 g/mol. The minimum absolute atomic E-state index is 0.0193. The fraction of sp³-hybridized carbons (Fsp3) is 0.167. The number of ether oxygens (including phenoxy) is 1. The number of carbonyl (C=O) groups excluding carboxylic acids is 1. The third-order valence-electron chi connectivity index (χ3n) is 2.21. The van der Waals surface area contributed by atoms with Crippen molar-refractivity contribution in [2.75, 3.05) is 11.9 Å². The molecule has 0 unspecified atom stereocenters. The summed E-state index contributed by atoms with van der Waals surface area (Å²) in [5.41, 5.74) is -0.824. The second-order valence-electron chi connectivity index (χ2n) is 3.70. The molecule has 2 aromatic rings. The summed E-state index contributed by atoms with van der Waals surface area (Å²) in [4.78, 5) is 15.3. The lowest BCUT2D eigenvalue weighted by Crippen LogP contribution is -2.20. The third-order valence-corrected chi connectivity index (χ3v) is 2.90. The molecule has 0 bridgehead atoms. The van der Waals surface area contributed by atoms with Crippen LogP contribution in [0, 0.1) is 0 Å². The number of carbonyl (C=O) groups is 1. The van der Waals surface area contributed by atoms with E-state index in [4.69, 9.17) is 4.74 Å². The lowest BCUT2D eigenvalue weighted by molar-refractivity contribution is -0.137. The maximum atomic E-state index is 12.5. The van der Waals surface area contributed by atoms with Gasteiger partial charge in [0.1, 0.15) is 5.75 Å². The molecule has 20 heavy (non-hydrogen) atoms. The highest BCUT2D eigenvalue weighted by Gasteiger charge is 2.30. The van der Waals surface area contributed by atoms with Gasteiger partial charge in [0.2, 0.25) is 0 Å². The predicted octanol–water partition coefficient (Wildman–Crippen LogP) is 3.18. The molecule has 4 nitrogen and oxygen atoms in total. The van der Waals surface area contributed by atoms with E-state index in [1.54, 1.807) is 5.38 Å². The maximum Gasteiger partial charge on any atom is 0.416 e. The number of alkyl halides is 3. The zero-order valence-electron chi connectivity index (χ0n) is 9.98. The molecule has 0 fully saturated rings. The Hall–Kier alpha value is -2.09. The summed E-state index contributed by atoms with van der Waals surface area (Å²) in [6.45, 7) is -0.388. The van der Waals surface area contributed by atoms with Gasteiger partial charge in [0.05, 0.1) is 5.56 Å². The van der Waals surface area contributed by atoms with Crippen LogP contribution in [0.3, 0.4) is 0 Å². The molecule has 1 heterocycles. The molecule has 106 valence electrons. The van der Waals surface area contributed by atoms with Gasteiger partial charge in [0.15, 0.2) is 11.7 Å². The molecule has 0 aliphatic heterocycles. The summed E-state index contributed by atoms with van der Waals surface area (Å²) in [6.07, 6.45) is -2.92. The molecule has 0 aliphatic carbocycles. The number of nitrogens with zero attached hydrogens (tertiary/aromatic N) is 1. The van der Waals surface area contributed by atoms with E-state index < -0.39 is 17.6 Å². The molecule has 2 rings (SSSR count). The molecule has 0 saturated carbocycles. The third kappa shape index (κ3) is 3.95. The number of amides is 1. The lowest BCUT2D eigenvalue weighted by Gasteiger charge is -2.09. The predicted molar refractivity (Wildman–Crippen MR) is 67.7 cm³/mol. The van der Waals surface area contributed by atoms with Crippen molar-refractivity contribution < 1.29 is 22.7 Å². The summed E-state index contributed by atoms with van der Waals surface area (Å²) >= 11 is 1.23. The Bertz CT molecular complexity index is 585. The fourth-order valence-corrected chi connectivity index (χ4v) is 1.90. The van der Waals surface area contributed by atoms with E-state index in [0.29, 0.717) is 5.13 Å². The highest BCUT2D eigenvalue weighted by atomic mass is 32.1. The number of aromatic nitrogens is 1. The molecule has 8 heteroatoms. The van der Waals surface area contributed by atoms with Gasteiger partial charge in [-0.2, -0.15) is 13.2 Å². The summed E-state index contributed by atoms with van der Waals surface area (Å²) in [7, 11) is 0. The number of rotatable bonds is 4. The van der Waals surface area contributed by atoms with Crippen LogP contribution in [0.4, 0.5) is 18.3 Å². The van der Waals surface area contributed by atoms with Crippen LogP contribution in [0.2, 0.25) is 0 Å². The highest BCUT2D eigenvalue weighted by Crippen LogP contribution is 2.31. The molecular formula is C12H9F3N2O2S. The van der Waals surface area contributed by atoms with E-state index in [2.05, 4.69) is 10.3 Å². The van der Waals surface area contributed by atoms with Crippen LogP contribution in [0.1, 0.15) is 5.56 Å². The second-order valence-corrected chi connectivity index (χ2v) is 4.59. The van der Waals surface area contributed by atoms with Gasteiger partial charge in [-0.1, -0.05) is 6.07 Å². The lowest BCUT2D eigenvalue weighted by atomic mass is 10.2. The Labute approximate surface area is 116 Å². The van der Waals surface area contributed by atoms with Gasteiger partial charge >= 0.3 is 6.18 Å². The zero-order valence-corrected chi connectivity index (χ0v) is 10.8. The van der Waals surface area contributed by atoms with E-state index >= 15 is 0 Å². The van der Waals surface area contributed by atoms with Gasteiger partial charge in [-0.25, -0.2) is 4.98 Å². The summed E-state index contributed by atoms with van der Waals surface area (Å²) < 4.78 is 42.4. The summed E-state index contributed by atoms with van der Waals surface area (Å²) in [5.74, 6) is -0.508. The van der Waals surface area contributed by atoms with Gasteiger partial charge in [0.25, 0.3) is 5.91 Å². The first-order valence-electron chi connectivity index (χ1n) is 5.44. The van der Waals surface area contributed by atoms with E-state index in [9.17, 15) is 18.0 Å². The SMILES string of the molecule is O=C(COc1cccc(C(F)(F)F)c1)Nc1nccs1. The largest absolute Gasteiger partial charge is 0.484 e. The number of nitrogens with one attached hydrogen (secondary N) is 1. The van der Waals surface area contributed by atoms with Crippen molar-refractivity contribution >= 4 is 22.4 Å². The van der Waals surface area contributed by atoms with Gasteiger partial charge in [0, 0.05) is 11.6 Å². The van der Waals surface area contributed by atoms with Crippen LogP contribution < -0.4 is 10.1 Å². The normalized spacial score (nSPS) is 11.2. The number of anilines is 1. The van der Waals surface area contributed by atoms with Crippen molar-refractivity contribution in [3.05, 3.63) is 41.4 Å². The van der Waals surface area contributed by atoms with Crippen LogP contribution in [-0.2, 0) is 11.0 Å². The van der Waals surface area contributed by atoms with Gasteiger partial charge < -0.3 is 4.74 Å². The molecule has 0 atom stereocenters. The van der Waals surface area contributed by atoms with Crippen LogP contribution in [0.5, 0.6) is 5.75 Å². The zero-order chi connectivity index (χ0) is 14.6. The van der Waals surface area contributed by atoms with Crippen molar-refractivity contribution in [2.45, 2.75) is 6.18 Å². The van der Waals surface area contributed by atoms with Crippen molar-refractivity contribution in [3.63, 3.8) is 0 Å². The summed E-state index contributed by atoms with van der Waals surface area (Å²) in [5, 5.41) is 4.55. The Morgan fingerprint density at radius 1 is 1.40 bits per heavy atom. The first-order chi connectivity index (χ1) is 9.45. The van der Waals surface area contributed by atoms with Gasteiger partial charge in [-0.15, -0.1) is 11.3 Å². The van der Waals surface area contributed by atoms with E-state index in [-0.39, 0.29) is 12.4 Å². The minimum atomic E-state index is -4.44. The standard InChI is InChI=1S/C12H9F3N2O2S/c13-12(14,15)8-2-1-3-9(6-8)19-7-10(18)17-11-16-4-5-20-11/h1-6H,7H2,(H,16,17,18). The van der Waals surface area contributed by atoms with Crippen molar-refractivity contribution in [1.29, 1.82) is 0 Å². The van der Waals surface area contributed by atoms with Crippen LogP contribution in [-0.4, -0.2) is 17.5 Å². The Kier molecular flexibility index (Phi) is 4.23. The quantitative estimate of drug-likeness (QED) is 0.943. The Morgan fingerprint density at radius 2 is 2.20 bits per heavy atom. The van der Waals surface area contributed by atoms with Crippen molar-refractivity contribution in [3.8, 4) is 5.75 Å².